The number of benzene rings is 1. The molecule has 0 bridgehead atoms. The topological polar surface area (TPSA) is 35.5 Å². The molecular weight excluding hydrogens is 204 g/mol. The molecule has 3 nitrogen and oxygen atoms in total. The van der Waals surface area contributed by atoms with Crippen molar-refractivity contribution in [2.45, 2.75) is 26.7 Å². The Labute approximate surface area is 95.4 Å². The Morgan fingerprint density at radius 2 is 1.69 bits per heavy atom. The molecule has 16 heavy (non-hydrogen) atoms. The van der Waals surface area contributed by atoms with Crippen LogP contribution >= 0.6 is 0 Å². The van der Waals surface area contributed by atoms with E-state index in [0.717, 1.165) is 23.3 Å². The van der Waals surface area contributed by atoms with E-state index >= 15 is 0 Å². The van der Waals surface area contributed by atoms with Crippen molar-refractivity contribution in [1.82, 2.24) is 0 Å². The Morgan fingerprint density at radius 1 is 1.06 bits per heavy atom. The molecule has 0 atom stereocenters. The van der Waals surface area contributed by atoms with Crippen molar-refractivity contribution in [3.63, 3.8) is 0 Å². The van der Waals surface area contributed by atoms with Gasteiger partial charge in [-0.05, 0) is 38.0 Å². The number of ether oxygens (including phenoxy) is 2. The number of ketones is 1. The summed E-state index contributed by atoms with van der Waals surface area (Å²) in [5.74, 6) is 1.63. The third kappa shape index (κ3) is 1.90. The molecule has 86 valence electrons. The van der Waals surface area contributed by atoms with Gasteiger partial charge in [-0.25, -0.2) is 0 Å². The first-order valence-corrected chi connectivity index (χ1v) is 5.72. The summed E-state index contributed by atoms with van der Waals surface area (Å²) in [6.07, 6.45) is 1.43. The van der Waals surface area contributed by atoms with E-state index in [2.05, 4.69) is 0 Å². The van der Waals surface area contributed by atoms with Crippen LogP contribution in [0.25, 0.3) is 0 Å². The lowest BCUT2D eigenvalue weighted by molar-refractivity contribution is 0.0994. The number of aryl methyl sites for hydroxylation is 1. The second kappa shape index (κ2) is 4.56. The van der Waals surface area contributed by atoms with E-state index in [1.807, 2.05) is 26.0 Å². The monoisotopic (exact) mass is 220 g/mol. The molecule has 0 aromatic heterocycles. The van der Waals surface area contributed by atoms with Crippen LogP contribution in [0.3, 0.4) is 0 Å². The molecule has 1 aromatic carbocycles. The smallest absolute Gasteiger partial charge is 0.163 e. The van der Waals surface area contributed by atoms with E-state index in [-0.39, 0.29) is 5.78 Å². The number of Topliss-reactive ketones (excluding diaryl/α,β-unsaturated/α-hetero) is 1. The molecule has 0 amide bonds. The second-order valence-electron chi connectivity index (χ2n) is 3.75. The first-order chi connectivity index (χ1) is 7.76. The van der Waals surface area contributed by atoms with E-state index in [1.54, 1.807) is 0 Å². The summed E-state index contributed by atoms with van der Waals surface area (Å²) < 4.78 is 11.0. The third-order valence-electron chi connectivity index (χ3n) is 2.69. The maximum atomic E-state index is 11.6. The van der Waals surface area contributed by atoms with E-state index in [0.29, 0.717) is 25.4 Å². The average molecular weight is 220 g/mol. The first-order valence-electron chi connectivity index (χ1n) is 5.72. The Kier molecular flexibility index (Phi) is 3.13. The molecule has 0 saturated carbocycles. The SMILES string of the molecule is CCOc1cc2c(cc1OCC)C(=O)CC2. The van der Waals surface area contributed by atoms with Gasteiger partial charge in [0.25, 0.3) is 0 Å². The van der Waals surface area contributed by atoms with Gasteiger partial charge in [-0.15, -0.1) is 0 Å². The number of hydrogen-bond acceptors (Lipinski definition) is 3. The molecule has 2 rings (SSSR count). The van der Waals surface area contributed by atoms with Crippen molar-refractivity contribution in [2.75, 3.05) is 13.2 Å². The summed E-state index contributed by atoms with van der Waals surface area (Å²) in [6.45, 7) is 5.04. The predicted molar refractivity (Wildman–Crippen MR) is 61.4 cm³/mol. The normalized spacial score (nSPS) is 13.8. The molecule has 1 aliphatic carbocycles. The van der Waals surface area contributed by atoms with Gasteiger partial charge in [-0.1, -0.05) is 0 Å². The lowest BCUT2D eigenvalue weighted by Gasteiger charge is -2.12. The molecule has 0 saturated heterocycles. The molecule has 0 fully saturated rings. The second-order valence-corrected chi connectivity index (χ2v) is 3.75. The molecule has 0 aliphatic heterocycles. The van der Waals surface area contributed by atoms with Crippen LogP contribution in [0.2, 0.25) is 0 Å². The summed E-state index contributed by atoms with van der Waals surface area (Å²) >= 11 is 0. The molecule has 3 heteroatoms. The van der Waals surface area contributed by atoms with Gasteiger partial charge < -0.3 is 9.47 Å². The maximum Gasteiger partial charge on any atom is 0.163 e. The average Bonchev–Trinajstić information content (AvgIpc) is 2.62. The Balaban J connectivity index is 2.41. The first kappa shape index (κ1) is 11.0. The van der Waals surface area contributed by atoms with Gasteiger partial charge in [0.05, 0.1) is 13.2 Å². The largest absolute Gasteiger partial charge is 0.490 e. The highest BCUT2D eigenvalue weighted by Gasteiger charge is 2.22. The van der Waals surface area contributed by atoms with Crippen LogP contribution in [0, 0.1) is 0 Å². The molecule has 0 unspecified atom stereocenters. The summed E-state index contributed by atoms with van der Waals surface area (Å²) in [7, 11) is 0. The van der Waals surface area contributed by atoms with Crippen molar-refractivity contribution in [3.05, 3.63) is 23.3 Å². The molecule has 1 aliphatic rings. The van der Waals surface area contributed by atoms with Crippen molar-refractivity contribution in [2.24, 2.45) is 0 Å². The molecule has 0 heterocycles. The highest BCUT2D eigenvalue weighted by molar-refractivity contribution is 6.01. The van der Waals surface area contributed by atoms with E-state index < -0.39 is 0 Å². The van der Waals surface area contributed by atoms with Gasteiger partial charge in [0, 0.05) is 12.0 Å². The van der Waals surface area contributed by atoms with Crippen molar-refractivity contribution in [1.29, 1.82) is 0 Å². The van der Waals surface area contributed by atoms with Crippen LogP contribution in [-0.4, -0.2) is 19.0 Å². The standard InChI is InChI=1S/C13H16O3/c1-3-15-12-7-9-5-6-11(14)10(9)8-13(12)16-4-2/h7-8H,3-6H2,1-2H3. The fraction of sp³-hybridized carbons (Fsp3) is 0.462. The summed E-state index contributed by atoms with van der Waals surface area (Å²) in [6, 6.07) is 3.76. The molecule has 0 N–H and O–H groups in total. The summed E-state index contributed by atoms with van der Waals surface area (Å²) in [4.78, 5) is 11.6. The lowest BCUT2D eigenvalue weighted by atomic mass is 10.1. The highest BCUT2D eigenvalue weighted by atomic mass is 16.5. The van der Waals surface area contributed by atoms with Crippen molar-refractivity contribution in [3.8, 4) is 11.5 Å². The van der Waals surface area contributed by atoms with Crippen LogP contribution in [0.1, 0.15) is 36.2 Å². The van der Waals surface area contributed by atoms with E-state index in [9.17, 15) is 4.79 Å². The van der Waals surface area contributed by atoms with Gasteiger partial charge in [0.1, 0.15) is 0 Å². The van der Waals surface area contributed by atoms with Crippen LogP contribution in [0.5, 0.6) is 11.5 Å². The van der Waals surface area contributed by atoms with Gasteiger partial charge >= 0.3 is 0 Å². The quantitative estimate of drug-likeness (QED) is 0.782. The lowest BCUT2D eigenvalue weighted by Crippen LogP contribution is -2.01. The van der Waals surface area contributed by atoms with E-state index in [1.165, 1.54) is 0 Å². The van der Waals surface area contributed by atoms with Crippen LogP contribution in [-0.2, 0) is 6.42 Å². The zero-order chi connectivity index (χ0) is 11.5. The minimum atomic E-state index is 0.207. The number of carbonyl (C=O) groups excluding carboxylic acids is 1. The minimum absolute atomic E-state index is 0.207. The van der Waals surface area contributed by atoms with Gasteiger partial charge in [0.15, 0.2) is 17.3 Å². The number of fused-ring (bicyclic) bond motifs is 1. The zero-order valence-corrected chi connectivity index (χ0v) is 9.71. The molecule has 0 radical (unpaired) electrons. The van der Waals surface area contributed by atoms with Gasteiger partial charge in [-0.2, -0.15) is 0 Å². The van der Waals surface area contributed by atoms with Crippen LogP contribution in [0.4, 0.5) is 0 Å². The molecular formula is C13H16O3. The van der Waals surface area contributed by atoms with Crippen LogP contribution < -0.4 is 9.47 Å². The molecule has 1 aromatic rings. The fourth-order valence-electron chi connectivity index (χ4n) is 1.99. The third-order valence-corrected chi connectivity index (χ3v) is 2.69. The Hall–Kier alpha value is -1.51. The maximum absolute atomic E-state index is 11.6. The summed E-state index contributed by atoms with van der Waals surface area (Å²) in [5, 5.41) is 0. The summed E-state index contributed by atoms with van der Waals surface area (Å²) in [5.41, 5.74) is 1.88. The fourth-order valence-corrected chi connectivity index (χ4v) is 1.99. The highest BCUT2D eigenvalue weighted by Crippen LogP contribution is 2.35. The Bertz CT molecular complexity index is 410. The van der Waals surface area contributed by atoms with Crippen molar-refractivity contribution < 1.29 is 14.3 Å². The Morgan fingerprint density at radius 3 is 2.31 bits per heavy atom. The number of hydrogen-bond donors (Lipinski definition) is 0. The number of rotatable bonds is 4. The van der Waals surface area contributed by atoms with Gasteiger partial charge in [0.2, 0.25) is 0 Å². The van der Waals surface area contributed by atoms with Gasteiger partial charge in [-0.3, -0.25) is 4.79 Å². The molecule has 0 spiro atoms. The van der Waals surface area contributed by atoms with Crippen molar-refractivity contribution >= 4 is 5.78 Å². The van der Waals surface area contributed by atoms with Crippen LogP contribution in [0.15, 0.2) is 12.1 Å². The zero-order valence-electron chi connectivity index (χ0n) is 9.71. The minimum Gasteiger partial charge on any atom is -0.490 e. The predicted octanol–water partition coefficient (Wildman–Crippen LogP) is 2.61. The number of carbonyl (C=O) groups is 1. The van der Waals surface area contributed by atoms with E-state index in [4.69, 9.17) is 9.47 Å².